The number of benzene rings is 2. The van der Waals surface area contributed by atoms with E-state index >= 15 is 0 Å². The van der Waals surface area contributed by atoms with Crippen molar-refractivity contribution in [3.8, 4) is 5.75 Å². The Kier molecular flexibility index (Phi) is 5.68. The maximum Gasteiger partial charge on any atom is 0.312 e. The first kappa shape index (κ1) is 20.5. The minimum absolute atomic E-state index is 0.201. The van der Waals surface area contributed by atoms with Gasteiger partial charge in [-0.2, -0.15) is 10.1 Å². The van der Waals surface area contributed by atoms with Crippen LogP contribution in [0.5, 0.6) is 5.75 Å². The standard InChI is InChI=1S/C22H17N3O5S/c1-13-17(21(28)25(24-13)15-5-3-2-4-6-15)11-14-7-9-16(10-8-14)30-19(26)12-18-20(27)23-22(29)31-18/h2-11,18H,12H2,1H3,(H,23,27,29)/b17-11-. The molecule has 31 heavy (non-hydrogen) atoms. The van der Waals surface area contributed by atoms with Gasteiger partial charge in [0.2, 0.25) is 5.91 Å². The number of anilines is 1. The highest BCUT2D eigenvalue weighted by atomic mass is 32.2. The fourth-order valence-electron chi connectivity index (χ4n) is 3.08. The number of carbonyl (C=O) groups is 4. The average molecular weight is 435 g/mol. The van der Waals surface area contributed by atoms with Crippen LogP contribution >= 0.6 is 11.8 Å². The summed E-state index contributed by atoms with van der Waals surface area (Å²) in [4.78, 5) is 47.5. The van der Waals surface area contributed by atoms with Crippen LogP contribution in [-0.4, -0.2) is 34.0 Å². The summed E-state index contributed by atoms with van der Waals surface area (Å²) in [6, 6.07) is 15.8. The summed E-state index contributed by atoms with van der Waals surface area (Å²) in [5, 5.41) is 6.59. The molecule has 2 aromatic carbocycles. The molecule has 1 fully saturated rings. The molecule has 1 unspecified atom stereocenters. The Bertz CT molecular complexity index is 1130. The summed E-state index contributed by atoms with van der Waals surface area (Å²) < 4.78 is 5.24. The topological polar surface area (TPSA) is 105 Å². The Morgan fingerprint density at radius 2 is 1.84 bits per heavy atom. The Morgan fingerprint density at radius 3 is 2.48 bits per heavy atom. The lowest BCUT2D eigenvalue weighted by Crippen LogP contribution is -2.27. The number of nitrogens with zero attached hydrogens (tertiary/aromatic N) is 2. The molecule has 0 saturated carbocycles. The van der Waals surface area contributed by atoms with Gasteiger partial charge in [-0.25, -0.2) is 0 Å². The lowest BCUT2D eigenvalue weighted by atomic mass is 10.1. The van der Waals surface area contributed by atoms with Gasteiger partial charge in [0.1, 0.15) is 11.0 Å². The van der Waals surface area contributed by atoms with Crippen molar-refractivity contribution < 1.29 is 23.9 Å². The maximum absolute atomic E-state index is 12.8. The summed E-state index contributed by atoms with van der Waals surface area (Å²) in [5.41, 5.74) is 2.51. The van der Waals surface area contributed by atoms with E-state index in [1.165, 1.54) is 5.01 Å². The number of para-hydroxylation sites is 1. The van der Waals surface area contributed by atoms with Crippen molar-refractivity contribution in [2.24, 2.45) is 5.10 Å². The number of thioether (sulfide) groups is 1. The normalized spacial score (nSPS) is 19.6. The number of hydrazone groups is 1. The highest BCUT2D eigenvalue weighted by Crippen LogP contribution is 2.26. The monoisotopic (exact) mass is 435 g/mol. The predicted octanol–water partition coefficient (Wildman–Crippen LogP) is 3.14. The van der Waals surface area contributed by atoms with E-state index < -0.39 is 22.4 Å². The Morgan fingerprint density at radius 1 is 1.13 bits per heavy atom. The smallest absolute Gasteiger partial charge is 0.312 e. The molecule has 9 heteroatoms. The molecular weight excluding hydrogens is 418 g/mol. The van der Waals surface area contributed by atoms with E-state index in [0.717, 1.165) is 17.3 Å². The molecule has 0 radical (unpaired) electrons. The zero-order valence-electron chi connectivity index (χ0n) is 16.4. The SMILES string of the molecule is CC1=NN(c2ccccc2)C(=O)/C1=C\c1ccc(OC(=O)CC2SC(=O)NC2=O)cc1. The second kappa shape index (κ2) is 8.57. The van der Waals surface area contributed by atoms with Gasteiger partial charge in [-0.15, -0.1) is 0 Å². The van der Waals surface area contributed by atoms with E-state index in [-0.39, 0.29) is 12.3 Å². The molecule has 8 nitrogen and oxygen atoms in total. The van der Waals surface area contributed by atoms with Gasteiger partial charge in [0, 0.05) is 0 Å². The molecule has 0 bridgehead atoms. The van der Waals surface area contributed by atoms with Crippen LogP contribution in [0.25, 0.3) is 6.08 Å². The van der Waals surface area contributed by atoms with Gasteiger partial charge in [-0.3, -0.25) is 24.5 Å². The van der Waals surface area contributed by atoms with Crippen molar-refractivity contribution in [1.82, 2.24) is 5.32 Å². The van der Waals surface area contributed by atoms with Crippen LogP contribution in [-0.2, 0) is 14.4 Å². The number of ether oxygens (including phenoxy) is 1. The van der Waals surface area contributed by atoms with Gasteiger partial charge in [-0.05, 0) is 42.8 Å². The summed E-state index contributed by atoms with van der Waals surface area (Å²) in [6.45, 7) is 1.77. The van der Waals surface area contributed by atoms with E-state index in [1.54, 1.807) is 37.3 Å². The number of hydrogen-bond donors (Lipinski definition) is 1. The van der Waals surface area contributed by atoms with Crippen LogP contribution in [0.4, 0.5) is 10.5 Å². The second-order valence-electron chi connectivity index (χ2n) is 6.83. The minimum atomic E-state index is -0.771. The fourth-order valence-corrected chi connectivity index (χ4v) is 3.88. The largest absolute Gasteiger partial charge is 0.426 e. The number of carbonyl (C=O) groups excluding carboxylic acids is 4. The second-order valence-corrected chi connectivity index (χ2v) is 8.00. The average Bonchev–Trinajstić information content (AvgIpc) is 3.21. The molecule has 1 saturated heterocycles. The summed E-state index contributed by atoms with van der Waals surface area (Å²) in [7, 11) is 0. The Labute approximate surface area is 181 Å². The number of amides is 3. The molecule has 156 valence electrons. The van der Waals surface area contributed by atoms with Crippen LogP contribution in [0.3, 0.4) is 0 Å². The third-order valence-electron chi connectivity index (χ3n) is 4.61. The zero-order chi connectivity index (χ0) is 22.0. The number of nitrogens with one attached hydrogen (secondary N) is 1. The van der Waals surface area contributed by atoms with E-state index in [4.69, 9.17) is 4.74 Å². The molecule has 2 aliphatic heterocycles. The van der Waals surface area contributed by atoms with Gasteiger partial charge in [0.25, 0.3) is 11.1 Å². The maximum atomic E-state index is 12.8. The number of esters is 1. The molecule has 0 aliphatic carbocycles. The van der Waals surface area contributed by atoms with Crippen LogP contribution in [0.15, 0.2) is 65.3 Å². The molecule has 2 heterocycles. The number of rotatable bonds is 5. The first-order valence-electron chi connectivity index (χ1n) is 9.40. The van der Waals surface area contributed by atoms with Crippen molar-refractivity contribution in [2.45, 2.75) is 18.6 Å². The Hall–Kier alpha value is -3.72. The van der Waals surface area contributed by atoms with E-state index in [0.29, 0.717) is 22.7 Å². The van der Waals surface area contributed by atoms with Gasteiger partial charge in [0.05, 0.1) is 23.4 Å². The van der Waals surface area contributed by atoms with Gasteiger partial charge >= 0.3 is 5.97 Å². The van der Waals surface area contributed by atoms with Crippen LogP contribution in [0.2, 0.25) is 0 Å². The van der Waals surface area contributed by atoms with Crippen LogP contribution in [0.1, 0.15) is 18.9 Å². The summed E-state index contributed by atoms with van der Waals surface area (Å²) >= 11 is 0.776. The van der Waals surface area contributed by atoms with E-state index in [1.807, 2.05) is 30.3 Å². The zero-order valence-corrected chi connectivity index (χ0v) is 17.2. The van der Waals surface area contributed by atoms with Crippen LogP contribution in [0, 0.1) is 0 Å². The van der Waals surface area contributed by atoms with Gasteiger partial charge in [-0.1, -0.05) is 42.1 Å². The molecule has 0 spiro atoms. The molecule has 0 aromatic heterocycles. The molecule has 2 aliphatic rings. The Balaban J connectivity index is 1.41. The molecular formula is C22H17N3O5S. The molecule has 3 amide bonds. The van der Waals surface area contributed by atoms with Gasteiger partial charge < -0.3 is 4.74 Å². The third-order valence-corrected chi connectivity index (χ3v) is 5.59. The van der Waals surface area contributed by atoms with Gasteiger partial charge in [0.15, 0.2) is 0 Å². The van der Waals surface area contributed by atoms with Crippen molar-refractivity contribution in [1.29, 1.82) is 0 Å². The molecule has 1 atom stereocenters. The summed E-state index contributed by atoms with van der Waals surface area (Å²) in [6.07, 6.45) is 1.52. The molecule has 1 N–H and O–H groups in total. The molecule has 4 rings (SSSR count). The third kappa shape index (κ3) is 4.56. The van der Waals surface area contributed by atoms with E-state index in [9.17, 15) is 19.2 Å². The summed E-state index contributed by atoms with van der Waals surface area (Å²) in [5.74, 6) is -1.02. The predicted molar refractivity (Wildman–Crippen MR) is 117 cm³/mol. The highest BCUT2D eigenvalue weighted by Gasteiger charge is 2.34. The minimum Gasteiger partial charge on any atom is -0.426 e. The van der Waals surface area contributed by atoms with Crippen molar-refractivity contribution in [3.05, 3.63) is 65.7 Å². The highest BCUT2D eigenvalue weighted by molar-refractivity contribution is 8.15. The first-order valence-corrected chi connectivity index (χ1v) is 10.3. The number of imide groups is 1. The quantitative estimate of drug-likeness (QED) is 0.439. The van der Waals surface area contributed by atoms with Crippen molar-refractivity contribution in [3.63, 3.8) is 0 Å². The fraction of sp³-hybridized carbons (Fsp3) is 0.136. The van der Waals surface area contributed by atoms with Crippen LogP contribution < -0.4 is 15.1 Å². The number of hydrogen-bond acceptors (Lipinski definition) is 7. The first-order chi connectivity index (χ1) is 14.9. The van der Waals surface area contributed by atoms with Crippen molar-refractivity contribution in [2.75, 3.05) is 5.01 Å². The lowest BCUT2D eigenvalue weighted by Gasteiger charge is -2.11. The lowest BCUT2D eigenvalue weighted by molar-refractivity contribution is -0.135. The molecule has 2 aromatic rings. The van der Waals surface area contributed by atoms with E-state index in [2.05, 4.69) is 10.4 Å². The van der Waals surface area contributed by atoms with Crippen molar-refractivity contribution >= 4 is 52.3 Å².